The smallest absolute Gasteiger partial charge is 0.0533 e. The highest BCUT2D eigenvalue weighted by Gasteiger charge is 1.95. The Balaban J connectivity index is -0.000000143. The third-order valence-electron chi connectivity index (χ3n) is 1.56. The largest absolute Gasteiger partial charge is 0.0683 e. The average molecular weight is 202 g/mol. The van der Waals surface area contributed by atoms with Gasteiger partial charge >= 0.3 is 0 Å². The maximum absolute atomic E-state index is 2.25. The molecule has 1 aliphatic carbocycles. The molecule has 0 unspecified atom stereocenters. The van der Waals surface area contributed by atoms with Crippen LogP contribution in [0.15, 0.2) is 0 Å². The number of rotatable bonds is 4. The van der Waals surface area contributed by atoms with Crippen LogP contribution in [0.2, 0.25) is 0 Å². The van der Waals surface area contributed by atoms with Gasteiger partial charge in [0.15, 0.2) is 0 Å². The van der Waals surface area contributed by atoms with Gasteiger partial charge in [0.2, 0.25) is 0 Å². The van der Waals surface area contributed by atoms with Crippen molar-refractivity contribution in [2.75, 3.05) is 0 Å². The van der Waals surface area contributed by atoms with E-state index in [0.29, 0.717) is 0 Å². The second-order valence-electron chi connectivity index (χ2n) is 3.12. The van der Waals surface area contributed by atoms with Crippen molar-refractivity contribution in [2.24, 2.45) is 0 Å². The second-order valence-corrected chi connectivity index (χ2v) is 3.12. The fourth-order valence-corrected chi connectivity index (χ4v) is 0.677. The molecule has 0 aliphatic heterocycles. The highest BCUT2D eigenvalue weighted by Crippen LogP contribution is 2.14. The minimum atomic E-state index is 1.36. The molecule has 0 bridgehead atoms. The molecule has 1 saturated carbocycles. The molecule has 1 aliphatic rings. The Morgan fingerprint density at radius 2 is 0.857 bits per heavy atom. The summed E-state index contributed by atoms with van der Waals surface area (Å²) in [6, 6.07) is 0. The standard InChI is InChI=1S/C7H16.C3H6.2C2H6/c1-3-5-7-6-4-2;1-2-3-1;2*1-2/h3-7H2,1-2H3;1-3H2;2*1-2H3. The van der Waals surface area contributed by atoms with Crippen molar-refractivity contribution in [1.29, 1.82) is 0 Å². The van der Waals surface area contributed by atoms with Crippen LogP contribution in [-0.4, -0.2) is 0 Å². The highest BCUT2D eigenvalue weighted by atomic mass is 14.0. The lowest BCUT2D eigenvalue weighted by Crippen LogP contribution is -1.70. The molecule has 0 nitrogen and oxygen atoms in total. The predicted molar refractivity (Wildman–Crippen MR) is 71.0 cm³/mol. The van der Waals surface area contributed by atoms with E-state index in [0.717, 1.165) is 0 Å². The van der Waals surface area contributed by atoms with Crippen LogP contribution in [0.4, 0.5) is 0 Å². The summed E-state index contributed by atoms with van der Waals surface area (Å²) in [7, 11) is 0. The first kappa shape index (κ1) is 19.6. The molecule has 0 amide bonds. The quantitative estimate of drug-likeness (QED) is 0.476. The maximum Gasteiger partial charge on any atom is -0.0533 e. The van der Waals surface area contributed by atoms with Gasteiger partial charge in [-0.1, -0.05) is 92.9 Å². The first-order valence-corrected chi connectivity index (χ1v) is 6.91. The Hall–Kier alpha value is 0. The van der Waals surface area contributed by atoms with Crippen molar-refractivity contribution in [3.05, 3.63) is 0 Å². The van der Waals surface area contributed by atoms with Crippen LogP contribution in [0.1, 0.15) is 92.9 Å². The van der Waals surface area contributed by atoms with E-state index in [1.807, 2.05) is 27.7 Å². The van der Waals surface area contributed by atoms with Crippen LogP contribution < -0.4 is 0 Å². The van der Waals surface area contributed by atoms with Crippen LogP contribution in [0.25, 0.3) is 0 Å². The third-order valence-corrected chi connectivity index (χ3v) is 1.56. The van der Waals surface area contributed by atoms with Crippen molar-refractivity contribution >= 4 is 0 Å². The van der Waals surface area contributed by atoms with E-state index in [2.05, 4.69) is 13.8 Å². The summed E-state index contributed by atoms with van der Waals surface area (Å²) in [5.41, 5.74) is 0. The Kier molecular flexibility index (Phi) is 40.9. The molecular formula is C14H34. The zero-order chi connectivity index (χ0) is 11.7. The van der Waals surface area contributed by atoms with Gasteiger partial charge < -0.3 is 0 Å². The van der Waals surface area contributed by atoms with Gasteiger partial charge in [0.1, 0.15) is 0 Å². The van der Waals surface area contributed by atoms with Crippen molar-refractivity contribution < 1.29 is 0 Å². The van der Waals surface area contributed by atoms with E-state index in [9.17, 15) is 0 Å². The zero-order valence-electron chi connectivity index (χ0n) is 11.7. The molecule has 0 aromatic carbocycles. The molecule has 0 saturated heterocycles. The lowest BCUT2D eigenvalue weighted by atomic mass is 10.2. The Labute approximate surface area is 93.5 Å². The molecular weight excluding hydrogens is 168 g/mol. The van der Waals surface area contributed by atoms with Gasteiger partial charge in [0.25, 0.3) is 0 Å². The zero-order valence-corrected chi connectivity index (χ0v) is 11.7. The van der Waals surface area contributed by atoms with Crippen LogP contribution >= 0.6 is 0 Å². The fraction of sp³-hybridized carbons (Fsp3) is 1.00. The number of hydrogen-bond donors (Lipinski definition) is 0. The lowest BCUT2D eigenvalue weighted by Gasteiger charge is -1.90. The van der Waals surface area contributed by atoms with E-state index >= 15 is 0 Å². The predicted octanol–water partition coefficient (Wildman–Crippen LogP) is 6.20. The minimum absolute atomic E-state index is 1.36. The second kappa shape index (κ2) is 29.2. The molecule has 0 atom stereocenters. The molecule has 0 N–H and O–H groups in total. The Bertz CT molecular complexity index is 39.2. The van der Waals surface area contributed by atoms with Gasteiger partial charge in [-0.3, -0.25) is 0 Å². The van der Waals surface area contributed by atoms with Crippen molar-refractivity contribution in [3.63, 3.8) is 0 Å². The van der Waals surface area contributed by atoms with Crippen molar-refractivity contribution in [1.82, 2.24) is 0 Å². The summed E-state index contributed by atoms with van der Waals surface area (Å²) < 4.78 is 0. The van der Waals surface area contributed by atoms with Crippen molar-refractivity contribution in [2.45, 2.75) is 92.9 Å². The molecule has 1 rings (SSSR count). The summed E-state index contributed by atoms with van der Waals surface area (Å²) in [5, 5.41) is 0. The number of hydrogen-bond acceptors (Lipinski definition) is 0. The van der Waals surface area contributed by atoms with Gasteiger partial charge in [-0.25, -0.2) is 0 Å². The van der Waals surface area contributed by atoms with Crippen LogP contribution in [0.5, 0.6) is 0 Å². The number of unbranched alkanes of at least 4 members (excludes halogenated alkanes) is 4. The van der Waals surface area contributed by atoms with Crippen LogP contribution in [0, 0.1) is 0 Å². The van der Waals surface area contributed by atoms with Gasteiger partial charge in [-0.2, -0.15) is 0 Å². The van der Waals surface area contributed by atoms with E-state index < -0.39 is 0 Å². The van der Waals surface area contributed by atoms with Crippen LogP contribution in [-0.2, 0) is 0 Å². The topological polar surface area (TPSA) is 0 Å². The molecule has 0 heterocycles. The maximum atomic E-state index is 2.25. The first-order valence-electron chi connectivity index (χ1n) is 6.91. The normalized spacial score (nSPS) is 10.7. The molecule has 90 valence electrons. The summed E-state index contributed by atoms with van der Waals surface area (Å²) in [5.74, 6) is 0. The van der Waals surface area contributed by atoms with E-state index in [1.54, 1.807) is 0 Å². The Morgan fingerprint density at radius 3 is 1.00 bits per heavy atom. The summed E-state index contributed by atoms with van der Waals surface area (Å²) in [6.45, 7) is 12.5. The Morgan fingerprint density at radius 1 is 0.571 bits per heavy atom. The fourth-order valence-electron chi connectivity index (χ4n) is 0.677. The van der Waals surface area contributed by atoms with Gasteiger partial charge in [0.05, 0.1) is 0 Å². The van der Waals surface area contributed by atoms with E-state index in [-0.39, 0.29) is 0 Å². The monoisotopic (exact) mass is 202 g/mol. The van der Waals surface area contributed by atoms with Gasteiger partial charge in [-0.05, 0) is 0 Å². The summed E-state index contributed by atoms with van der Waals surface area (Å²) >= 11 is 0. The molecule has 0 radical (unpaired) electrons. The highest BCUT2D eigenvalue weighted by molar-refractivity contribution is 4.50. The molecule has 0 heteroatoms. The molecule has 0 aromatic rings. The molecule has 0 spiro atoms. The van der Waals surface area contributed by atoms with Gasteiger partial charge in [0, 0.05) is 0 Å². The third kappa shape index (κ3) is 58.1. The minimum Gasteiger partial charge on any atom is -0.0683 e. The van der Waals surface area contributed by atoms with E-state index in [1.165, 1.54) is 51.4 Å². The molecule has 14 heavy (non-hydrogen) atoms. The SMILES string of the molecule is C1CC1.CC.CC.CCCCCCC. The van der Waals surface area contributed by atoms with Crippen LogP contribution in [0.3, 0.4) is 0 Å². The summed E-state index contributed by atoms with van der Waals surface area (Å²) in [4.78, 5) is 0. The van der Waals surface area contributed by atoms with Gasteiger partial charge in [-0.15, -0.1) is 0 Å². The average Bonchev–Trinajstić information content (AvgIpc) is 3.12. The lowest BCUT2D eigenvalue weighted by molar-refractivity contribution is 0.656. The summed E-state index contributed by atoms with van der Waals surface area (Å²) in [6.07, 6.45) is 11.5. The first-order chi connectivity index (χ1) is 6.91. The van der Waals surface area contributed by atoms with E-state index in [4.69, 9.17) is 0 Å². The van der Waals surface area contributed by atoms with Crippen molar-refractivity contribution in [3.8, 4) is 0 Å². The molecule has 1 fully saturated rings. The molecule has 0 aromatic heterocycles.